The molecule has 0 aliphatic rings. The third-order valence-electron chi connectivity index (χ3n) is 4.24. The van der Waals surface area contributed by atoms with Crippen LogP contribution in [0.5, 0.6) is 0 Å². The van der Waals surface area contributed by atoms with Crippen LogP contribution in [-0.2, 0) is 12.6 Å². The number of nitrogens with zero attached hydrogens (tertiary/aromatic N) is 1. The molecule has 0 bridgehead atoms. The van der Waals surface area contributed by atoms with E-state index in [-0.39, 0.29) is 29.0 Å². The molecule has 1 atom stereocenters. The SMILES string of the molecule is CNC(=O)c1c(-c2cccc(C(F)(F)F)c2)noc1CC(O)c1ccccc1. The summed E-state index contributed by atoms with van der Waals surface area (Å²) in [5.41, 5.74) is -0.167. The van der Waals surface area contributed by atoms with E-state index < -0.39 is 23.8 Å². The van der Waals surface area contributed by atoms with Crippen LogP contribution in [0.25, 0.3) is 11.3 Å². The monoisotopic (exact) mass is 390 g/mol. The Morgan fingerprint density at radius 1 is 1.18 bits per heavy atom. The fraction of sp³-hybridized carbons (Fsp3) is 0.200. The molecule has 28 heavy (non-hydrogen) atoms. The van der Waals surface area contributed by atoms with Gasteiger partial charge >= 0.3 is 6.18 Å². The Morgan fingerprint density at radius 3 is 2.54 bits per heavy atom. The van der Waals surface area contributed by atoms with Crippen LogP contribution in [0.15, 0.2) is 59.1 Å². The first-order valence-corrected chi connectivity index (χ1v) is 8.42. The van der Waals surface area contributed by atoms with E-state index in [1.165, 1.54) is 19.2 Å². The van der Waals surface area contributed by atoms with Gasteiger partial charge in [-0.2, -0.15) is 13.2 Å². The number of aromatic nitrogens is 1. The molecule has 0 spiro atoms. The second-order valence-electron chi connectivity index (χ2n) is 6.12. The maximum absolute atomic E-state index is 13.0. The van der Waals surface area contributed by atoms with Crippen LogP contribution in [0, 0.1) is 0 Å². The third-order valence-corrected chi connectivity index (χ3v) is 4.24. The van der Waals surface area contributed by atoms with Gasteiger partial charge in [0.05, 0.1) is 11.7 Å². The van der Waals surface area contributed by atoms with Gasteiger partial charge in [0.25, 0.3) is 5.91 Å². The van der Waals surface area contributed by atoms with Crippen LogP contribution < -0.4 is 5.32 Å². The van der Waals surface area contributed by atoms with Gasteiger partial charge in [-0.3, -0.25) is 4.79 Å². The highest BCUT2D eigenvalue weighted by atomic mass is 19.4. The zero-order valence-corrected chi connectivity index (χ0v) is 14.8. The van der Waals surface area contributed by atoms with Gasteiger partial charge in [-0.25, -0.2) is 0 Å². The summed E-state index contributed by atoms with van der Waals surface area (Å²) in [5, 5.41) is 16.7. The van der Waals surface area contributed by atoms with Crippen molar-refractivity contribution in [3.8, 4) is 11.3 Å². The third kappa shape index (κ3) is 4.07. The van der Waals surface area contributed by atoms with E-state index in [0.717, 1.165) is 12.1 Å². The van der Waals surface area contributed by atoms with Gasteiger partial charge in [-0.1, -0.05) is 47.6 Å². The average molecular weight is 390 g/mol. The van der Waals surface area contributed by atoms with Crippen molar-refractivity contribution in [2.45, 2.75) is 18.7 Å². The van der Waals surface area contributed by atoms with Gasteiger partial charge in [0.2, 0.25) is 0 Å². The molecule has 5 nitrogen and oxygen atoms in total. The zero-order chi connectivity index (χ0) is 20.3. The van der Waals surface area contributed by atoms with Crippen molar-refractivity contribution >= 4 is 5.91 Å². The number of halogens is 3. The van der Waals surface area contributed by atoms with Crippen molar-refractivity contribution in [1.82, 2.24) is 10.5 Å². The number of amides is 1. The number of benzene rings is 2. The fourth-order valence-corrected chi connectivity index (χ4v) is 2.83. The van der Waals surface area contributed by atoms with Crippen molar-refractivity contribution in [2.24, 2.45) is 0 Å². The standard InChI is InChI=1S/C20H17F3N2O3/c1-24-19(27)17-16(11-15(26)12-6-3-2-4-7-12)28-25-18(17)13-8-5-9-14(10-13)20(21,22)23/h2-10,15,26H,11H2,1H3,(H,24,27). The highest BCUT2D eigenvalue weighted by molar-refractivity contribution is 6.00. The van der Waals surface area contributed by atoms with Crippen LogP contribution in [0.1, 0.15) is 33.3 Å². The topological polar surface area (TPSA) is 75.4 Å². The summed E-state index contributed by atoms with van der Waals surface area (Å²) >= 11 is 0. The largest absolute Gasteiger partial charge is 0.416 e. The molecule has 0 radical (unpaired) electrons. The second kappa shape index (κ2) is 7.85. The average Bonchev–Trinajstić information content (AvgIpc) is 3.11. The number of rotatable bonds is 5. The Morgan fingerprint density at radius 2 is 1.89 bits per heavy atom. The van der Waals surface area contributed by atoms with Gasteiger partial charge in [-0.05, 0) is 17.7 Å². The summed E-state index contributed by atoms with van der Waals surface area (Å²) in [6.07, 6.45) is -5.55. The molecule has 3 aromatic rings. The van der Waals surface area contributed by atoms with E-state index in [1.54, 1.807) is 30.3 Å². The molecular weight excluding hydrogens is 373 g/mol. The fourth-order valence-electron chi connectivity index (χ4n) is 2.83. The molecular formula is C20H17F3N2O3. The van der Waals surface area contributed by atoms with E-state index in [4.69, 9.17) is 4.52 Å². The Hall–Kier alpha value is -3.13. The minimum Gasteiger partial charge on any atom is -0.388 e. The lowest BCUT2D eigenvalue weighted by molar-refractivity contribution is -0.137. The number of hydrogen-bond acceptors (Lipinski definition) is 4. The Labute approximate surface area is 158 Å². The first kappa shape index (κ1) is 19.6. The van der Waals surface area contributed by atoms with Crippen LogP contribution in [0.3, 0.4) is 0 Å². The molecule has 1 unspecified atom stereocenters. The molecule has 1 aromatic heterocycles. The molecule has 8 heteroatoms. The minimum absolute atomic E-state index is 0.00296. The van der Waals surface area contributed by atoms with Crippen LogP contribution in [0.2, 0.25) is 0 Å². The van der Waals surface area contributed by atoms with E-state index in [2.05, 4.69) is 10.5 Å². The summed E-state index contributed by atoms with van der Waals surface area (Å²) in [6, 6.07) is 13.2. The number of carbonyl (C=O) groups excluding carboxylic acids is 1. The molecule has 0 aliphatic heterocycles. The molecule has 0 fully saturated rings. The maximum atomic E-state index is 13.0. The van der Waals surface area contributed by atoms with Gasteiger partial charge in [-0.15, -0.1) is 0 Å². The second-order valence-corrected chi connectivity index (χ2v) is 6.12. The highest BCUT2D eigenvalue weighted by Gasteiger charge is 2.32. The minimum atomic E-state index is -4.53. The molecule has 1 amide bonds. The summed E-state index contributed by atoms with van der Waals surface area (Å²) in [4.78, 5) is 12.4. The Kier molecular flexibility index (Phi) is 5.51. The normalized spacial score (nSPS) is 12.6. The molecule has 2 N–H and O–H groups in total. The predicted octanol–water partition coefficient (Wildman–Crippen LogP) is 4.00. The van der Waals surface area contributed by atoms with Crippen molar-refractivity contribution in [3.63, 3.8) is 0 Å². The quantitative estimate of drug-likeness (QED) is 0.691. The smallest absolute Gasteiger partial charge is 0.388 e. The van der Waals surface area contributed by atoms with Gasteiger partial charge in [0, 0.05) is 19.0 Å². The maximum Gasteiger partial charge on any atom is 0.416 e. The molecule has 3 rings (SSSR count). The van der Waals surface area contributed by atoms with Crippen molar-refractivity contribution in [1.29, 1.82) is 0 Å². The van der Waals surface area contributed by atoms with Crippen LogP contribution >= 0.6 is 0 Å². The van der Waals surface area contributed by atoms with E-state index in [1.807, 2.05) is 0 Å². The van der Waals surface area contributed by atoms with Crippen molar-refractivity contribution in [3.05, 3.63) is 77.0 Å². The van der Waals surface area contributed by atoms with E-state index in [0.29, 0.717) is 5.56 Å². The predicted molar refractivity (Wildman–Crippen MR) is 95.4 cm³/mol. The molecule has 2 aromatic carbocycles. The first-order valence-electron chi connectivity index (χ1n) is 8.42. The first-order chi connectivity index (χ1) is 13.3. The van der Waals surface area contributed by atoms with Crippen LogP contribution in [0.4, 0.5) is 13.2 Å². The lowest BCUT2D eigenvalue weighted by Gasteiger charge is -2.10. The Balaban J connectivity index is 2.01. The van der Waals surface area contributed by atoms with Gasteiger partial charge in [0.1, 0.15) is 11.3 Å². The van der Waals surface area contributed by atoms with Crippen molar-refractivity contribution < 1.29 is 27.6 Å². The number of aliphatic hydroxyl groups is 1. The molecule has 146 valence electrons. The number of hydrogen-bond donors (Lipinski definition) is 2. The number of aliphatic hydroxyl groups excluding tert-OH is 1. The molecule has 0 aliphatic carbocycles. The molecule has 0 saturated heterocycles. The lowest BCUT2D eigenvalue weighted by atomic mass is 9.99. The van der Waals surface area contributed by atoms with Gasteiger partial charge in [0.15, 0.2) is 5.76 Å². The summed E-state index contributed by atoms with van der Waals surface area (Å²) in [5.74, 6) is -0.480. The number of nitrogens with one attached hydrogen (secondary N) is 1. The summed E-state index contributed by atoms with van der Waals surface area (Å²) in [7, 11) is 1.39. The Bertz CT molecular complexity index is 968. The van der Waals surface area contributed by atoms with Crippen LogP contribution in [-0.4, -0.2) is 23.2 Å². The number of alkyl halides is 3. The number of carbonyl (C=O) groups is 1. The van der Waals surface area contributed by atoms with Crippen molar-refractivity contribution in [2.75, 3.05) is 7.05 Å². The van der Waals surface area contributed by atoms with Gasteiger partial charge < -0.3 is 14.9 Å². The summed E-state index contributed by atoms with van der Waals surface area (Å²) < 4.78 is 44.3. The summed E-state index contributed by atoms with van der Waals surface area (Å²) in [6.45, 7) is 0. The lowest BCUT2D eigenvalue weighted by Crippen LogP contribution is -2.20. The van der Waals surface area contributed by atoms with E-state index in [9.17, 15) is 23.1 Å². The molecule has 1 heterocycles. The molecule has 0 saturated carbocycles. The highest BCUT2D eigenvalue weighted by Crippen LogP contribution is 2.34. The zero-order valence-electron chi connectivity index (χ0n) is 14.8. The van der Waals surface area contributed by atoms with E-state index >= 15 is 0 Å².